The molecule has 7 nitrogen and oxygen atoms in total. The molecule has 0 radical (unpaired) electrons. The number of nitrogens with one attached hydrogen (secondary N) is 2. The number of aromatic nitrogens is 1. The Labute approximate surface area is 139 Å². The predicted octanol–water partition coefficient (Wildman–Crippen LogP) is 2.30. The Hall–Kier alpha value is -2.96. The van der Waals surface area contributed by atoms with Crippen molar-refractivity contribution in [3.05, 3.63) is 36.5 Å². The van der Waals surface area contributed by atoms with E-state index in [0.29, 0.717) is 36.3 Å². The molecule has 0 fully saturated rings. The molecule has 126 valence electrons. The van der Waals surface area contributed by atoms with Gasteiger partial charge in [0.25, 0.3) is 0 Å². The molecule has 1 aliphatic rings. The number of amides is 1. The van der Waals surface area contributed by atoms with Crippen LogP contribution in [0, 0.1) is 0 Å². The lowest BCUT2D eigenvalue weighted by Gasteiger charge is -2.20. The topological polar surface area (TPSA) is 81.7 Å². The maximum atomic E-state index is 12.3. The Morgan fingerprint density at radius 3 is 2.62 bits per heavy atom. The average molecular weight is 329 g/mol. The van der Waals surface area contributed by atoms with Gasteiger partial charge in [0.15, 0.2) is 11.5 Å². The zero-order chi connectivity index (χ0) is 16.9. The maximum absolute atomic E-state index is 12.3. The van der Waals surface area contributed by atoms with E-state index in [1.165, 1.54) is 0 Å². The Balaban J connectivity index is 1.61. The molecule has 2 heterocycles. The monoisotopic (exact) mass is 329 g/mol. The quantitative estimate of drug-likeness (QED) is 0.876. The lowest BCUT2D eigenvalue weighted by Crippen LogP contribution is -2.31. The third kappa shape index (κ3) is 3.68. The summed E-state index contributed by atoms with van der Waals surface area (Å²) < 4.78 is 16.0. The van der Waals surface area contributed by atoms with E-state index < -0.39 is 6.04 Å². The number of hydrogen-bond acceptors (Lipinski definition) is 6. The van der Waals surface area contributed by atoms with Crippen LogP contribution in [0.3, 0.4) is 0 Å². The summed E-state index contributed by atoms with van der Waals surface area (Å²) in [6, 6.07) is 8.43. The lowest BCUT2D eigenvalue weighted by atomic mass is 10.2. The molecule has 1 aromatic heterocycles. The van der Waals surface area contributed by atoms with Gasteiger partial charge in [-0.2, -0.15) is 0 Å². The number of carbonyl (C=O) groups is 1. The van der Waals surface area contributed by atoms with Crippen molar-refractivity contribution in [3.8, 4) is 17.4 Å². The Morgan fingerprint density at radius 2 is 1.92 bits per heavy atom. The van der Waals surface area contributed by atoms with Crippen molar-refractivity contribution in [2.24, 2.45) is 0 Å². The largest absolute Gasteiger partial charge is 0.486 e. The molecule has 0 saturated heterocycles. The minimum atomic E-state index is -0.437. The molecule has 24 heavy (non-hydrogen) atoms. The van der Waals surface area contributed by atoms with Crippen LogP contribution in [0.25, 0.3) is 0 Å². The third-order valence-electron chi connectivity index (χ3n) is 3.53. The van der Waals surface area contributed by atoms with E-state index in [1.807, 2.05) is 0 Å². The number of rotatable bonds is 5. The van der Waals surface area contributed by atoms with Gasteiger partial charge in [-0.05, 0) is 25.1 Å². The number of pyridine rings is 1. The maximum Gasteiger partial charge on any atom is 0.246 e. The van der Waals surface area contributed by atoms with E-state index in [2.05, 4.69) is 15.6 Å². The van der Waals surface area contributed by atoms with Crippen LogP contribution in [0.4, 0.5) is 11.4 Å². The van der Waals surface area contributed by atoms with Gasteiger partial charge in [-0.3, -0.25) is 4.79 Å². The number of benzene rings is 1. The second kappa shape index (κ2) is 7.08. The van der Waals surface area contributed by atoms with E-state index in [4.69, 9.17) is 14.2 Å². The SMILES string of the molecule is COc1ccc(N[C@H](C)C(=O)Nc2ccc3c(c2)OCCO3)cn1. The first kappa shape index (κ1) is 15.9. The molecule has 1 atom stereocenters. The first-order valence-electron chi connectivity index (χ1n) is 7.63. The second-order valence-corrected chi connectivity index (χ2v) is 5.30. The number of carbonyl (C=O) groups excluding carboxylic acids is 1. The Bertz CT molecular complexity index is 718. The molecule has 0 unspecified atom stereocenters. The van der Waals surface area contributed by atoms with Crippen LogP contribution >= 0.6 is 0 Å². The van der Waals surface area contributed by atoms with E-state index in [-0.39, 0.29) is 5.91 Å². The summed E-state index contributed by atoms with van der Waals surface area (Å²) in [5.41, 5.74) is 1.39. The number of nitrogens with zero attached hydrogens (tertiary/aromatic N) is 1. The van der Waals surface area contributed by atoms with Crippen LogP contribution < -0.4 is 24.8 Å². The standard InChI is InChI=1S/C17H19N3O4/c1-11(19-13-4-6-16(22-2)18-10-13)17(21)20-12-3-5-14-15(9-12)24-8-7-23-14/h3-6,9-11,19H,7-8H2,1-2H3,(H,20,21)/t11-/m1/s1. The highest BCUT2D eigenvalue weighted by Crippen LogP contribution is 2.32. The molecule has 1 amide bonds. The van der Waals surface area contributed by atoms with Crippen LogP contribution in [0.5, 0.6) is 17.4 Å². The molecule has 0 aliphatic carbocycles. The lowest BCUT2D eigenvalue weighted by molar-refractivity contribution is -0.116. The van der Waals surface area contributed by atoms with Gasteiger partial charge in [0, 0.05) is 17.8 Å². The molecule has 1 aromatic carbocycles. The van der Waals surface area contributed by atoms with Crippen LogP contribution in [0.2, 0.25) is 0 Å². The fourth-order valence-electron chi connectivity index (χ4n) is 2.27. The molecular formula is C17H19N3O4. The predicted molar refractivity (Wildman–Crippen MR) is 89.9 cm³/mol. The normalized spacial score (nSPS) is 13.8. The first-order valence-corrected chi connectivity index (χ1v) is 7.63. The summed E-state index contributed by atoms with van der Waals surface area (Å²) in [7, 11) is 1.55. The highest BCUT2D eigenvalue weighted by Gasteiger charge is 2.16. The molecule has 2 aromatic rings. The zero-order valence-electron chi connectivity index (χ0n) is 13.5. The van der Waals surface area contributed by atoms with Crippen molar-refractivity contribution in [1.82, 2.24) is 4.98 Å². The highest BCUT2D eigenvalue weighted by atomic mass is 16.6. The molecule has 2 N–H and O–H groups in total. The number of anilines is 2. The van der Waals surface area contributed by atoms with E-state index in [1.54, 1.807) is 50.6 Å². The van der Waals surface area contributed by atoms with Gasteiger partial charge in [0.2, 0.25) is 11.8 Å². The van der Waals surface area contributed by atoms with Gasteiger partial charge in [-0.1, -0.05) is 0 Å². The zero-order valence-corrected chi connectivity index (χ0v) is 13.5. The van der Waals surface area contributed by atoms with Gasteiger partial charge in [-0.25, -0.2) is 4.98 Å². The van der Waals surface area contributed by atoms with Gasteiger partial charge in [-0.15, -0.1) is 0 Å². The van der Waals surface area contributed by atoms with Crippen molar-refractivity contribution in [2.45, 2.75) is 13.0 Å². The Kier molecular flexibility index (Phi) is 4.69. The van der Waals surface area contributed by atoms with Crippen molar-refractivity contribution < 1.29 is 19.0 Å². The molecule has 0 saturated carbocycles. The third-order valence-corrected chi connectivity index (χ3v) is 3.53. The molecule has 1 aliphatic heterocycles. The van der Waals surface area contributed by atoms with Crippen molar-refractivity contribution in [3.63, 3.8) is 0 Å². The average Bonchev–Trinajstić information content (AvgIpc) is 2.62. The number of fused-ring (bicyclic) bond motifs is 1. The van der Waals surface area contributed by atoms with E-state index in [0.717, 1.165) is 5.69 Å². The summed E-state index contributed by atoms with van der Waals surface area (Å²) in [6.45, 7) is 2.82. The van der Waals surface area contributed by atoms with E-state index in [9.17, 15) is 4.79 Å². The summed E-state index contributed by atoms with van der Waals surface area (Å²) in [4.78, 5) is 16.4. The van der Waals surface area contributed by atoms with Crippen LogP contribution in [-0.4, -0.2) is 37.3 Å². The van der Waals surface area contributed by atoms with Gasteiger partial charge in [0.05, 0.1) is 19.0 Å². The van der Waals surface area contributed by atoms with Gasteiger partial charge >= 0.3 is 0 Å². The second-order valence-electron chi connectivity index (χ2n) is 5.30. The van der Waals surface area contributed by atoms with Crippen molar-refractivity contribution >= 4 is 17.3 Å². The fourth-order valence-corrected chi connectivity index (χ4v) is 2.27. The first-order chi connectivity index (χ1) is 11.7. The number of ether oxygens (including phenoxy) is 3. The summed E-state index contributed by atoms with van der Waals surface area (Å²) in [5, 5.41) is 5.94. The number of methoxy groups -OCH3 is 1. The summed E-state index contributed by atoms with van der Waals surface area (Å²) in [6.07, 6.45) is 1.62. The number of hydrogen-bond donors (Lipinski definition) is 2. The molecule has 0 spiro atoms. The Morgan fingerprint density at radius 1 is 1.17 bits per heavy atom. The van der Waals surface area contributed by atoms with Crippen LogP contribution in [0.1, 0.15) is 6.92 Å². The smallest absolute Gasteiger partial charge is 0.246 e. The van der Waals surface area contributed by atoms with Crippen LogP contribution in [0.15, 0.2) is 36.5 Å². The summed E-state index contributed by atoms with van der Waals surface area (Å²) in [5.74, 6) is 1.69. The summed E-state index contributed by atoms with van der Waals surface area (Å²) >= 11 is 0. The van der Waals surface area contributed by atoms with Gasteiger partial charge in [0.1, 0.15) is 19.3 Å². The van der Waals surface area contributed by atoms with Crippen molar-refractivity contribution in [2.75, 3.05) is 31.0 Å². The van der Waals surface area contributed by atoms with Crippen molar-refractivity contribution in [1.29, 1.82) is 0 Å². The fraction of sp³-hybridized carbons (Fsp3) is 0.294. The molecule has 3 rings (SSSR count). The molecule has 7 heteroatoms. The van der Waals surface area contributed by atoms with Crippen LogP contribution in [-0.2, 0) is 4.79 Å². The van der Waals surface area contributed by atoms with Gasteiger partial charge < -0.3 is 24.8 Å². The highest BCUT2D eigenvalue weighted by molar-refractivity contribution is 5.96. The molecule has 0 bridgehead atoms. The molecular weight excluding hydrogens is 310 g/mol. The minimum absolute atomic E-state index is 0.164. The van der Waals surface area contributed by atoms with E-state index >= 15 is 0 Å². The minimum Gasteiger partial charge on any atom is -0.486 e.